The highest BCUT2D eigenvalue weighted by molar-refractivity contribution is 5.63. The summed E-state index contributed by atoms with van der Waals surface area (Å²) in [7, 11) is 0. The first kappa shape index (κ1) is 16.8. The molecule has 4 nitrogen and oxygen atoms in total. The van der Waals surface area contributed by atoms with E-state index >= 15 is 0 Å². The Morgan fingerprint density at radius 2 is 1.76 bits per heavy atom. The highest BCUT2D eigenvalue weighted by atomic mass is 19.4. The lowest BCUT2D eigenvalue weighted by Crippen LogP contribution is -2.06. The Labute approximate surface area is 140 Å². The minimum atomic E-state index is -4.45. The SMILES string of the molecule is Cc1cc(Nc2cc(C(F)(F)F)ccn2)nc(-c2ccc(F)nc2)c1. The van der Waals surface area contributed by atoms with E-state index in [1.54, 1.807) is 12.1 Å². The molecule has 0 bridgehead atoms. The standard InChI is InChI=1S/C17H12F4N4/c1-10-6-13(11-2-3-14(18)23-9-11)24-16(7-10)25-15-8-12(4-5-22-15)17(19,20)21/h2-9H,1H3,(H,22,24,25). The third-order valence-corrected chi connectivity index (χ3v) is 3.34. The largest absolute Gasteiger partial charge is 0.416 e. The van der Waals surface area contributed by atoms with Gasteiger partial charge in [0.2, 0.25) is 5.95 Å². The molecule has 128 valence electrons. The number of rotatable bonds is 3. The van der Waals surface area contributed by atoms with Crippen molar-refractivity contribution in [2.45, 2.75) is 13.1 Å². The molecular formula is C17H12F4N4. The van der Waals surface area contributed by atoms with Gasteiger partial charge in [-0.25, -0.2) is 15.0 Å². The summed E-state index contributed by atoms with van der Waals surface area (Å²) in [6, 6.07) is 7.97. The van der Waals surface area contributed by atoms with Gasteiger partial charge in [-0.1, -0.05) is 0 Å². The highest BCUT2D eigenvalue weighted by Crippen LogP contribution is 2.30. The van der Waals surface area contributed by atoms with Gasteiger partial charge in [0.25, 0.3) is 0 Å². The summed E-state index contributed by atoms with van der Waals surface area (Å²) in [6.07, 6.45) is -2.04. The molecule has 0 aliphatic rings. The van der Waals surface area contributed by atoms with Crippen molar-refractivity contribution < 1.29 is 17.6 Å². The van der Waals surface area contributed by atoms with Crippen molar-refractivity contribution in [2.75, 3.05) is 5.32 Å². The number of nitrogens with zero attached hydrogens (tertiary/aromatic N) is 3. The zero-order chi connectivity index (χ0) is 18.0. The van der Waals surface area contributed by atoms with E-state index in [9.17, 15) is 17.6 Å². The van der Waals surface area contributed by atoms with Gasteiger partial charge in [0.05, 0.1) is 11.3 Å². The minimum Gasteiger partial charge on any atom is -0.325 e. The van der Waals surface area contributed by atoms with Gasteiger partial charge in [-0.2, -0.15) is 17.6 Å². The predicted molar refractivity (Wildman–Crippen MR) is 84.7 cm³/mol. The molecule has 8 heteroatoms. The number of halogens is 4. The van der Waals surface area contributed by atoms with Crippen LogP contribution >= 0.6 is 0 Å². The maximum atomic E-state index is 12.9. The van der Waals surface area contributed by atoms with E-state index < -0.39 is 17.7 Å². The average molecular weight is 348 g/mol. The van der Waals surface area contributed by atoms with Crippen molar-refractivity contribution in [2.24, 2.45) is 0 Å². The van der Waals surface area contributed by atoms with E-state index in [2.05, 4.69) is 20.3 Å². The van der Waals surface area contributed by atoms with Crippen LogP contribution in [0, 0.1) is 12.9 Å². The van der Waals surface area contributed by atoms with Crippen LogP contribution in [-0.4, -0.2) is 15.0 Å². The first-order chi connectivity index (χ1) is 11.8. The molecule has 3 heterocycles. The van der Waals surface area contributed by atoms with Gasteiger partial charge in [-0.05, 0) is 48.9 Å². The molecule has 0 saturated heterocycles. The van der Waals surface area contributed by atoms with E-state index in [1.165, 1.54) is 18.3 Å². The van der Waals surface area contributed by atoms with Crippen LogP contribution in [0.5, 0.6) is 0 Å². The van der Waals surface area contributed by atoms with Crippen molar-refractivity contribution in [3.63, 3.8) is 0 Å². The zero-order valence-corrected chi connectivity index (χ0v) is 13.0. The van der Waals surface area contributed by atoms with Gasteiger partial charge in [-0.15, -0.1) is 0 Å². The molecule has 0 spiro atoms. The molecule has 0 aliphatic heterocycles. The number of hydrogen-bond donors (Lipinski definition) is 1. The molecule has 0 amide bonds. The molecular weight excluding hydrogens is 336 g/mol. The Morgan fingerprint density at radius 3 is 2.44 bits per heavy atom. The predicted octanol–water partition coefficient (Wildman–Crippen LogP) is 4.75. The second kappa shape index (κ2) is 6.46. The molecule has 0 atom stereocenters. The molecule has 1 N–H and O–H groups in total. The van der Waals surface area contributed by atoms with Gasteiger partial charge in [0.1, 0.15) is 11.6 Å². The summed E-state index contributed by atoms with van der Waals surface area (Å²) >= 11 is 0. The fraction of sp³-hybridized carbons (Fsp3) is 0.118. The Morgan fingerprint density at radius 1 is 0.960 bits per heavy atom. The molecule has 0 fully saturated rings. The molecule has 0 radical (unpaired) electrons. The van der Waals surface area contributed by atoms with Gasteiger partial charge in [0.15, 0.2) is 0 Å². The first-order valence-electron chi connectivity index (χ1n) is 7.22. The van der Waals surface area contributed by atoms with E-state index in [-0.39, 0.29) is 5.82 Å². The normalized spacial score (nSPS) is 11.4. The topological polar surface area (TPSA) is 50.7 Å². The average Bonchev–Trinajstić information content (AvgIpc) is 2.54. The Hall–Kier alpha value is -3.03. The lowest BCUT2D eigenvalue weighted by Gasteiger charge is -2.11. The fourth-order valence-corrected chi connectivity index (χ4v) is 2.21. The van der Waals surface area contributed by atoms with Gasteiger partial charge >= 0.3 is 6.18 Å². The summed E-state index contributed by atoms with van der Waals surface area (Å²) < 4.78 is 51.3. The van der Waals surface area contributed by atoms with Crippen LogP contribution in [0.15, 0.2) is 48.8 Å². The molecule has 0 unspecified atom stereocenters. The molecule has 3 aromatic rings. The smallest absolute Gasteiger partial charge is 0.325 e. The molecule has 0 aromatic carbocycles. The number of pyridine rings is 3. The summed E-state index contributed by atoms with van der Waals surface area (Å²) in [5, 5.41) is 2.76. The van der Waals surface area contributed by atoms with Crippen LogP contribution < -0.4 is 5.32 Å². The minimum absolute atomic E-state index is 0.0242. The van der Waals surface area contributed by atoms with Crippen molar-refractivity contribution >= 4 is 11.6 Å². The summed E-state index contributed by atoms with van der Waals surface area (Å²) in [5.74, 6) is -0.259. The molecule has 25 heavy (non-hydrogen) atoms. The third-order valence-electron chi connectivity index (χ3n) is 3.34. The number of alkyl halides is 3. The summed E-state index contributed by atoms with van der Waals surface area (Å²) in [4.78, 5) is 11.8. The third kappa shape index (κ3) is 4.09. The first-order valence-corrected chi connectivity index (χ1v) is 7.22. The number of hydrogen-bond acceptors (Lipinski definition) is 4. The Balaban J connectivity index is 1.92. The quantitative estimate of drug-likeness (QED) is 0.548. The Bertz CT molecular complexity index is 892. The highest BCUT2D eigenvalue weighted by Gasteiger charge is 2.30. The monoisotopic (exact) mass is 348 g/mol. The molecule has 0 aliphatic carbocycles. The fourth-order valence-electron chi connectivity index (χ4n) is 2.21. The van der Waals surface area contributed by atoms with Gasteiger partial charge in [0, 0.05) is 18.0 Å². The number of aryl methyl sites for hydroxylation is 1. The second-order valence-electron chi connectivity index (χ2n) is 5.34. The van der Waals surface area contributed by atoms with Crippen molar-refractivity contribution in [1.82, 2.24) is 15.0 Å². The van der Waals surface area contributed by atoms with Crippen LogP contribution in [0.4, 0.5) is 29.2 Å². The van der Waals surface area contributed by atoms with E-state index in [0.717, 1.165) is 23.9 Å². The zero-order valence-electron chi connectivity index (χ0n) is 13.0. The van der Waals surface area contributed by atoms with Crippen LogP contribution in [0.25, 0.3) is 11.3 Å². The van der Waals surface area contributed by atoms with Crippen LogP contribution in [0.3, 0.4) is 0 Å². The summed E-state index contributed by atoms with van der Waals surface area (Å²) in [5.41, 5.74) is 1.12. The van der Waals surface area contributed by atoms with Gasteiger partial charge < -0.3 is 5.32 Å². The van der Waals surface area contributed by atoms with Crippen LogP contribution in [0.2, 0.25) is 0 Å². The number of nitrogens with one attached hydrogen (secondary N) is 1. The second-order valence-corrected chi connectivity index (χ2v) is 5.34. The van der Waals surface area contributed by atoms with E-state index in [0.29, 0.717) is 17.1 Å². The van der Waals surface area contributed by atoms with Crippen molar-refractivity contribution in [1.29, 1.82) is 0 Å². The van der Waals surface area contributed by atoms with Crippen LogP contribution in [-0.2, 0) is 6.18 Å². The van der Waals surface area contributed by atoms with Crippen molar-refractivity contribution in [3.05, 3.63) is 65.9 Å². The summed E-state index contributed by atoms with van der Waals surface area (Å²) in [6.45, 7) is 1.81. The van der Waals surface area contributed by atoms with Crippen molar-refractivity contribution in [3.8, 4) is 11.3 Å². The maximum absolute atomic E-state index is 12.9. The number of aromatic nitrogens is 3. The lowest BCUT2D eigenvalue weighted by atomic mass is 10.1. The maximum Gasteiger partial charge on any atom is 0.416 e. The molecule has 3 aromatic heterocycles. The van der Waals surface area contributed by atoms with Gasteiger partial charge in [-0.3, -0.25) is 0 Å². The van der Waals surface area contributed by atoms with E-state index in [4.69, 9.17) is 0 Å². The molecule has 0 saturated carbocycles. The Kier molecular flexibility index (Phi) is 4.35. The van der Waals surface area contributed by atoms with Crippen LogP contribution in [0.1, 0.15) is 11.1 Å². The van der Waals surface area contributed by atoms with E-state index in [1.807, 2.05) is 6.92 Å². The number of anilines is 2. The lowest BCUT2D eigenvalue weighted by molar-refractivity contribution is -0.137. The molecule has 3 rings (SSSR count).